The lowest BCUT2D eigenvalue weighted by atomic mass is 10.0. The van der Waals surface area contributed by atoms with E-state index in [9.17, 15) is 10.1 Å². The van der Waals surface area contributed by atoms with E-state index in [2.05, 4.69) is 6.07 Å². The standard InChI is InChI=1S/C13H8N2O2S/c14-8-12(7-10-5-6-18-9-10)11-1-3-13(4-2-11)15(16)17/h1-7,9H/b12-7-. The zero-order chi connectivity index (χ0) is 13.0. The number of thiophene rings is 1. The Hall–Kier alpha value is -2.45. The van der Waals surface area contributed by atoms with E-state index in [1.54, 1.807) is 29.5 Å². The van der Waals surface area contributed by atoms with E-state index in [1.165, 1.54) is 12.1 Å². The SMILES string of the molecule is N#C/C(=C/c1ccsc1)c1ccc([N+](=O)[O-])cc1. The summed E-state index contributed by atoms with van der Waals surface area (Å²) in [6, 6.07) is 9.97. The summed E-state index contributed by atoms with van der Waals surface area (Å²) in [7, 11) is 0. The van der Waals surface area contributed by atoms with Crippen LogP contribution in [0.2, 0.25) is 0 Å². The summed E-state index contributed by atoms with van der Waals surface area (Å²) in [5, 5.41) is 23.5. The van der Waals surface area contributed by atoms with Crippen LogP contribution in [0, 0.1) is 21.4 Å². The third kappa shape index (κ3) is 2.62. The molecule has 0 unspecified atom stereocenters. The third-order valence-electron chi connectivity index (χ3n) is 2.36. The molecule has 88 valence electrons. The lowest BCUT2D eigenvalue weighted by Gasteiger charge is -1.98. The van der Waals surface area contributed by atoms with Gasteiger partial charge in [-0.05, 0) is 46.2 Å². The number of nitro groups is 1. The Labute approximate surface area is 108 Å². The molecule has 0 aliphatic rings. The van der Waals surface area contributed by atoms with Gasteiger partial charge in [0.2, 0.25) is 0 Å². The van der Waals surface area contributed by atoms with Crippen LogP contribution in [0.15, 0.2) is 41.1 Å². The van der Waals surface area contributed by atoms with E-state index >= 15 is 0 Å². The van der Waals surface area contributed by atoms with Gasteiger partial charge in [-0.1, -0.05) is 0 Å². The molecule has 0 amide bonds. The van der Waals surface area contributed by atoms with Crippen LogP contribution in [0.4, 0.5) is 5.69 Å². The molecule has 0 radical (unpaired) electrons. The van der Waals surface area contributed by atoms with Crippen LogP contribution in [-0.4, -0.2) is 4.92 Å². The number of benzene rings is 1. The highest BCUT2D eigenvalue weighted by molar-refractivity contribution is 7.08. The number of nitriles is 1. The Morgan fingerprint density at radius 1 is 1.33 bits per heavy atom. The van der Waals surface area contributed by atoms with E-state index < -0.39 is 4.92 Å². The van der Waals surface area contributed by atoms with Crippen molar-refractivity contribution in [2.75, 3.05) is 0 Å². The highest BCUT2D eigenvalue weighted by Crippen LogP contribution is 2.21. The Morgan fingerprint density at radius 3 is 2.56 bits per heavy atom. The quantitative estimate of drug-likeness (QED) is 0.477. The topological polar surface area (TPSA) is 66.9 Å². The first-order valence-electron chi connectivity index (χ1n) is 5.09. The molecular weight excluding hydrogens is 248 g/mol. The predicted octanol–water partition coefficient (Wildman–Crippen LogP) is 3.72. The molecular formula is C13H8N2O2S. The van der Waals surface area contributed by atoms with Gasteiger partial charge in [-0.25, -0.2) is 0 Å². The van der Waals surface area contributed by atoms with Crippen molar-refractivity contribution >= 4 is 28.7 Å². The van der Waals surface area contributed by atoms with E-state index in [0.29, 0.717) is 11.1 Å². The van der Waals surface area contributed by atoms with Crippen molar-refractivity contribution in [2.45, 2.75) is 0 Å². The smallest absolute Gasteiger partial charge is 0.258 e. The second kappa shape index (κ2) is 5.25. The number of hydrogen-bond donors (Lipinski definition) is 0. The Morgan fingerprint density at radius 2 is 2.06 bits per heavy atom. The molecule has 0 spiro atoms. The third-order valence-corrected chi connectivity index (χ3v) is 3.07. The normalized spacial score (nSPS) is 10.9. The Kier molecular flexibility index (Phi) is 3.51. The molecule has 1 aromatic carbocycles. The van der Waals surface area contributed by atoms with Crippen LogP contribution in [0.25, 0.3) is 11.6 Å². The van der Waals surface area contributed by atoms with Gasteiger partial charge >= 0.3 is 0 Å². The van der Waals surface area contributed by atoms with Crippen molar-refractivity contribution in [1.82, 2.24) is 0 Å². The minimum Gasteiger partial charge on any atom is -0.258 e. The lowest BCUT2D eigenvalue weighted by molar-refractivity contribution is -0.384. The van der Waals surface area contributed by atoms with Crippen LogP contribution in [0.3, 0.4) is 0 Å². The van der Waals surface area contributed by atoms with E-state index in [0.717, 1.165) is 5.56 Å². The van der Waals surface area contributed by atoms with Crippen molar-refractivity contribution in [3.8, 4) is 6.07 Å². The molecule has 0 bridgehead atoms. The van der Waals surface area contributed by atoms with Crippen molar-refractivity contribution in [1.29, 1.82) is 5.26 Å². The molecule has 0 aliphatic heterocycles. The molecule has 4 nitrogen and oxygen atoms in total. The minimum atomic E-state index is -0.460. The van der Waals surface area contributed by atoms with Crippen LogP contribution in [0.5, 0.6) is 0 Å². The zero-order valence-electron chi connectivity index (χ0n) is 9.24. The second-order valence-corrected chi connectivity index (χ2v) is 4.31. The molecule has 0 saturated carbocycles. The van der Waals surface area contributed by atoms with Crippen molar-refractivity contribution in [3.63, 3.8) is 0 Å². The highest BCUT2D eigenvalue weighted by atomic mass is 32.1. The first-order valence-corrected chi connectivity index (χ1v) is 6.04. The highest BCUT2D eigenvalue weighted by Gasteiger charge is 2.06. The number of nitrogens with zero attached hydrogens (tertiary/aromatic N) is 2. The van der Waals surface area contributed by atoms with Crippen LogP contribution in [0.1, 0.15) is 11.1 Å². The number of hydrogen-bond acceptors (Lipinski definition) is 4. The fourth-order valence-corrected chi connectivity index (χ4v) is 2.08. The molecule has 0 saturated heterocycles. The number of allylic oxidation sites excluding steroid dienone is 1. The molecule has 0 aliphatic carbocycles. The molecule has 1 heterocycles. The summed E-state index contributed by atoms with van der Waals surface area (Å²) < 4.78 is 0. The van der Waals surface area contributed by atoms with Gasteiger partial charge < -0.3 is 0 Å². The summed E-state index contributed by atoms with van der Waals surface area (Å²) >= 11 is 1.55. The number of non-ortho nitro benzene ring substituents is 1. The maximum absolute atomic E-state index is 10.5. The van der Waals surface area contributed by atoms with E-state index in [1.807, 2.05) is 16.8 Å². The molecule has 0 fully saturated rings. The maximum Gasteiger partial charge on any atom is 0.269 e. The fraction of sp³-hybridized carbons (Fsp3) is 0. The lowest BCUT2D eigenvalue weighted by Crippen LogP contribution is -1.88. The number of rotatable bonds is 3. The van der Waals surface area contributed by atoms with E-state index in [4.69, 9.17) is 5.26 Å². The van der Waals surface area contributed by atoms with Crippen molar-refractivity contribution in [3.05, 3.63) is 62.3 Å². The van der Waals surface area contributed by atoms with Crippen LogP contribution < -0.4 is 0 Å². The fourth-order valence-electron chi connectivity index (χ4n) is 1.47. The average molecular weight is 256 g/mol. The predicted molar refractivity (Wildman–Crippen MR) is 70.9 cm³/mol. The van der Waals surface area contributed by atoms with Gasteiger partial charge in [-0.2, -0.15) is 16.6 Å². The van der Waals surface area contributed by atoms with Gasteiger partial charge in [-0.15, -0.1) is 0 Å². The van der Waals surface area contributed by atoms with Gasteiger partial charge in [0.25, 0.3) is 5.69 Å². The molecule has 2 rings (SSSR count). The largest absolute Gasteiger partial charge is 0.269 e. The maximum atomic E-state index is 10.5. The second-order valence-electron chi connectivity index (χ2n) is 3.53. The van der Waals surface area contributed by atoms with E-state index in [-0.39, 0.29) is 5.69 Å². The van der Waals surface area contributed by atoms with Gasteiger partial charge in [0, 0.05) is 12.1 Å². The molecule has 18 heavy (non-hydrogen) atoms. The zero-order valence-corrected chi connectivity index (χ0v) is 10.1. The summed E-state index contributed by atoms with van der Waals surface area (Å²) in [6.45, 7) is 0. The Bertz CT molecular complexity index is 622. The summed E-state index contributed by atoms with van der Waals surface area (Å²) in [4.78, 5) is 10.1. The molecule has 2 aromatic rings. The summed E-state index contributed by atoms with van der Waals surface area (Å²) in [5.74, 6) is 0. The van der Waals surface area contributed by atoms with Crippen LogP contribution >= 0.6 is 11.3 Å². The van der Waals surface area contributed by atoms with Gasteiger partial charge in [0.1, 0.15) is 0 Å². The summed E-state index contributed by atoms with van der Waals surface area (Å²) in [6.07, 6.45) is 1.76. The average Bonchev–Trinajstić information content (AvgIpc) is 2.89. The monoisotopic (exact) mass is 256 g/mol. The molecule has 5 heteroatoms. The first-order chi connectivity index (χ1) is 8.70. The van der Waals surface area contributed by atoms with Gasteiger partial charge in [0.15, 0.2) is 0 Å². The summed E-state index contributed by atoms with van der Waals surface area (Å²) in [5.41, 5.74) is 2.14. The molecule has 1 aromatic heterocycles. The van der Waals surface area contributed by atoms with Gasteiger partial charge in [0.05, 0.1) is 16.6 Å². The van der Waals surface area contributed by atoms with Gasteiger partial charge in [-0.3, -0.25) is 10.1 Å². The molecule has 0 N–H and O–H groups in total. The van der Waals surface area contributed by atoms with Crippen molar-refractivity contribution in [2.24, 2.45) is 0 Å². The first kappa shape index (κ1) is 12.0. The minimum absolute atomic E-state index is 0.0200. The number of nitro benzene ring substituents is 1. The van der Waals surface area contributed by atoms with Crippen molar-refractivity contribution < 1.29 is 4.92 Å². The molecule has 0 atom stereocenters. The van der Waals surface area contributed by atoms with Crippen LogP contribution in [-0.2, 0) is 0 Å². The Balaban J connectivity index is 2.35.